The third-order valence-electron chi connectivity index (χ3n) is 4.96. The molecular formula is C16H24N4O3. The van der Waals surface area contributed by atoms with Crippen molar-refractivity contribution < 1.29 is 9.53 Å². The van der Waals surface area contributed by atoms with Gasteiger partial charge < -0.3 is 9.64 Å². The maximum atomic E-state index is 12.5. The molecule has 7 heteroatoms. The Labute approximate surface area is 135 Å². The van der Waals surface area contributed by atoms with Gasteiger partial charge in [-0.3, -0.25) is 14.5 Å². The smallest absolute Gasteiger partial charge is 0.274 e. The van der Waals surface area contributed by atoms with Crippen LogP contribution in [0.4, 0.5) is 0 Å². The fourth-order valence-electron chi connectivity index (χ4n) is 3.49. The zero-order valence-corrected chi connectivity index (χ0v) is 13.8. The summed E-state index contributed by atoms with van der Waals surface area (Å²) in [7, 11) is 3.33. The lowest BCUT2D eigenvalue weighted by molar-refractivity contribution is 0.0596. The summed E-state index contributed by atoms with van der Waals surface area (Å²) in [5.74, 6) is -0.0877. The molecule has 3 heterocycles. The molecule has 3 rings (SSSR count). The van der Waals surface area contributed by atoms with Gasteiger partial charge in [-0.25, -0.2) is 4.68 Å². The summed E-state index contributed by atoms with van der Waals surface area (Å²) in [5, 5.41) is 4.05. The molecule has 1 atom stereocenters. The number of hydrogen-bond acceptors (Lipinski definition) is 5. The van der Waals surface area contributed by atoms with Crippen molar-refractivity contribution in [2.45, 2.75) is 31.4 Å². The second-order valence-electron chi connectivity index (χ2n) is 6.35. The van der Waals surface area contributed by atoms with E-state index >= 15 is 0 Å². The van der Waals surface area contributed by atoms with Crippen molar-refractivity contribution >= 4 is 5.91 Å². The summed E-state index contributed by atoms with van der Waals surface area (Å²) in [6.07, 6.45) is 3.41. The predicted octanol–water partition coefficient (Wildman–Crippen LogP) is 0.106. The number of aromatic nitrogens is 2. The van der Waals surface area contributed by atoms with Crippen molar-refractivity contribution in [3.63, 3.8) is 0 Å². The van der Waals surface area contributed by atoms with Crippen molar-refractivity contribution in [3.05, 3.63) is 28.2 Å². The Kier molecular flexibility index (Phi) is 4.77. The van der Waals surface area contributed by atoms with Crippen LogP contribution in [-0.2, 0) is 11.8 Å². The summed E-state index contributed by atoms with van der Waals surface area (Å²) in [5.41, 5.74) is 0.133. The highest BCUT2D eigenvalue weighted by atomic mass is 16.5. The summed E-state index contributed by atoms with van der Waals surface area (Å²) in [4.78, 5) is 28.2. The van der Waals surface area contributed by atoms with Gasteiger partial charge in [0.25, 0.3) is 11.5 Å². The lowest BCUT2D eigenvalue weighted by Crippen LogP contribution is -2.46. The first-order chi connectivity index (χ1) is 11.1. The Morgan fingerprint density at radius 3 is 2.57 bits per heavy atom. The molecule has 2 saturated heterocycles. The van der Waals surface area contributed by atoms with E-state index in [4.69, 9.17) is 4.74 Å². The molecule has 1 aromatic heterocycles. The second-order valence-corrected chi connectivity index (χ2v) is 6.35. The quantitative estimate of drug-likeness (QED) is 0.790. The number of amides is 1. The number of nitrogens with zero attached hydrogens (tertiary/aromatic N) is 4. The second kappa shape index (κ2) is 6.80. The van der Waals surface area contributed by atoms with E-state index in [1.54, 1.807) is 14.2 Å². The van der Waals surface area contributed by atoms with Gasteiger partial charge >= 0.3 is 0 Å². The average molecular weight is 320 g/mol. The van der Waals surface area contributed by atoms with Crippen LogP contribution < -0.4 is 5.56 Å². The van der Waals surface area contributed by atoms with Crippen LogP contribution in [-0.4, -0.2) is 70.9 Å². The van der Waals surface area contributed by atoms with Gasteiger partial charge in [-0.05, 0) is 25.3 Å². The third-order valence-corrected chi connectivity index (χ3v) is 4.96. The minimum absolute atomic E-state index is 0.0877. The van der Waals surface area contributed by atoms with Crippen LogP contribution in [0.5, 0.6) is 0 Å². The van der Waals surface area contributed by atoms with E-state index < -0.39 is 0 Å². The molecule has 0 aromatic carbocycles. The van der Waals surface area contributed by atoms with Crippen molar-refractivity contribution in [2.75, 3.05) is 33.3 Å². The molecule has 0 spiro atoms. The highest BCUT2D eigenvalue weighted by Crippen LogP contribution is 2.23. The number of rotatable bonds is 3. The number of piperidine rings is 1. The van der Waals surface area contributed by atoms with Gasteiger partial charge in [0, 0.05) is 52.4 Å². The Balaban J connectivity index is 1.57. The highest BCUT2D eigenvalue weighted by molar-refractivity contribution is 5.92. The number of carbonyl (C=O) groups is 1. The highest BCUT2D eigenvalue weighted by Gasteiger charge is 2.32. The van der Waals surface area contributed by atoms with Gasteiger partial charge in [-0.2, -0.15) is 5.10 Å². The van der Waals surface area contributed by atoms with Crippen LogP contribution in [0.1, 0.15) is 29.8 Å². The van der Waals surface area contributed by atoms with Crippen LogP contribution >= 0.6 is 0 Å². The van der Waals surface area contributed by atoms with Crippen LogP contribution in [0.25, 0.3) is 0 Å². The number of ether oxygens (including phenoxy) is 1. The predicted molar refractivity (Wildman–Crippen MR) is 85.4 cm³/mol. The number of hydrogen-bond donors (Lipinski definition) is 0. The Morgan fingerprint density at radius 1 is 1.22 bits per heavy atom. The monoisotopic (exact) mass is 320 g/mol. The first-order valence-electron chi connectivity index (χ1n) is 8.19. The molecule has 1 aromatic rings. The first kappa shape index (κ1) is 16.1. The van der Waals surface area contributed by atoms with E-state index in [1.165, 1.54) is 16.8 Å². The lowest BCUT2D eigenvalue weighted by atomic mass is 10.0. The van der Waals surface area contributed by atoms with E-state index in [2.05, 4.69) is 10.00 Å². The molecular weight excluding hydrogens is 296 g/mol. The van der Waals surface area contributed by atoms with Gasteiger partial charge in [-0.15, -0.1) is 0 Å². The van der Waals surface area contributed by atoms with Crippen molar-refractivity contribution in [1.29, 1.82) is 0 Å². The third kappa shape index (κ3) is 3.45. The van der Waals surface area contributed by atoms with Gasteiger partial charge in [0.05, 0.1) is 6.10 Å². The normalized spacial score (nSPS) is 23.4. The number of aryl methyl sites for hydroxylation is 1. The SMILES string of the molecule is COC1CCN(C2CCN(C(=O)c3ccc(=O)n(C)n3)CC2)C1. The zero-order chi connectivity index (χ0) is 16.4. The van der Waals surface area contributed by atoms with Crippen LogP contribution in [0.2, 0.25) is 0 Å². The van der Waals surface area contributed by atoms with Crippen molar-refractivity contribution in [3.8, 4) is 0 Å². The zero-order valence-electron chi connectivity index (χ0n) is 13.8. The summed E-state index contributed by atoms with van der Waals surface area (Å²) in [6.45, 7) is 3.56. The molecule has 0 aliphatic carbocycles. The van der Waals surface area contributed by atoms with Crippen molar-refractivity contribution in [2.24, 2.45) is 7.05 Å². The van der Waals surface area contributed by atoms with Crippen LogP contribution in [0, 0.1) is 0 Å². The summed E-state index contributed by atoms with van der Waals surface area (Å²) >= 11 is 0. The van der Waals surface area contributed by atoms with Crippen molar-refractivity contribution in [1.82, 2.24) is 19.6 Å². The summed E-state index contributed by atoms with van der Waals surface area (Å²) in [6, 6.07) is 3.44. The molecule has 1 unspecified atom stereocenters. The minimum Gasteiger partial charge on any atom is -0.380 e. The molecule has 126 valence electrons. The lowest BCUT2D eigenvalue weighted by Gasteiger charge is -2.36. The molecule has 23 heavy (non-hydrogen) atoms. The molecule has 0 N–H and O–H groups in total. The Bertz CT molecular complexity index is 622. The first-order valence-corrected chi connectivity index (χ1v) is 8.19. The molecule has 2 aliphatic rings. The molecule has 0 radical (unpaired) electrons. The number of methoxy groups -OCH3 is 1. The van der Waals surface area contributed by atoms with E-state index in [-0.39, 0.29) is 11.5 Å². The largest absolute Gasteiger partial charge is 0.380 e. The van der Waals surface area contributed by atoms with Gasteiger partial charge in [-0.1, -0.05) is 0 Å². The maximum absolute atomic E-state index is 12.5. The minimum atomic E-state index is -0.206. The van der Waals surface area contributed by atoms with E-state index in [0.717, 1.165) is 45.4 Å². The van der Waals surface area contributed by atoms with Gasteiger partial charge in [0.2, 0.25) is 0 Å². The van der Waals surface area contributed by atoms with Crippen LogP contribution in [0.3, 0.4) is 0 Å². The number of carbonyl (C=O) groups excluding carboxylic acids is 1. The van der Waals surface area contributed by atoms with Crippen LogP contribution in [0.15, 0.2) is 16.9 Å². The Morgan fingerprint density at radius 2 is 1.96 bits per heavy atom. The van der Waals surface area contributed by atoms with Gasteiger partial charge in [0.1, 0.15) is 5.69 Å². The molecule has 2 aliphatic heterocycles. The van der Waals surface area contributed by atoms with E-state index in [9.17, 15) is 9.59 Å². The van der Waals surface area contributed by atoms with E-state index in [0.29, 0.717) is 17.8 Å². The topological polar surface area (TPSA) is 67.7 Å². The van der Waals surface area contributed by atoms with E-state index in [1.807, 2.05) is 4.90 Å². The molecule has 1 amide bonds. The maximum Gasteiger partial charge on any atom is 0.274 e. The fraction of sp³-hybridized carbons (Fsp3) is 0.688. The molecule has 0 saturated carbocycles. The van der Waals surface area contributed by atoms with Gasteiger partial charge in [0.15, 0.2) is 0 Å². The molecule has 7 nitrogen and oxygen atoms in total. The Hall–Kier alpha value is -1.73. The molecule has 2 fully saturated rings. The average Bonchev–Trinajstić information content (AvgIpc) is 3.06. The number of likely N-dealkylation sites (tertiary alicyclic amines) is 2. The molecule has 0 bridgehead atoms. The summed E-state index contributed by atoms with van der Waals surface area (Å²) < 4.78 is 6.63. The standard InChI is InChI=1S/C16H24N4O3/c1-18-15(21)4-3-14(17-18)16(22)19-8-5-12(6-9-19)20-10-7-13(11-20)23-2/h3-4,12-13H,5-11H2,1-2H3. The fourth-order valence-corrected chi connectivity index (χ4v) is 3.49.